The van der Waals surface area contributed by atoms with Crippen LogP contribution in [-0.4, -0.2) is 22.1 Å². The van der Waals surface area contributed by atoms with Crippen molar-refractivity contribution >= 4 is 5.82 Å². The Morgan fingerprint density at radius 3 is 2.72 bits per heavy atom. The van der Waals surface area contributed by atoms with E-state index in [1.807, 2.05) is 44.4 Å². The SMILES string of the molecule is Cc1nc(N(C)Cc2cccnc2)ccc1CO. The maximum atomic E-state index is 9.12. The van der Waals surface area contributed by atoms with Crippen molar-refractivity contribution in [2.75, 3.05) is 11.9 Å². The van der Waals surface area contributed by atoms with E-state index in [-0.39, 0.29) is 6.61 Å². The van der Waals surface area contributed by atoms with Crippen LogP contribution in [0.5, 0.6) is 0 Å². The molecule has 0 radical (unpaired) electrons. The van der Waals surface area contributed by atoms with Crippen molar-refractivity contribution in [3.05, 3.63) is 53.5 Å². The Morgan fingerprint density at radius 1 is 1.28 bits per heavy atom. The van der Waals surface area contributed by atoms with E-state index in [0.29, 0.717) is 0 Å². The lowest BCUT2D eigenvalue weighted by molar-refractivity contribution is 0.280. The van der Waals surface area contributed by atoms with Crippen LogP contribution in [0.1, 0.15) is 16.8 Å². The number of pyridine rings is 2. The minimum Gasteiger partial charge on any atom is -0.392 e. The highest BCUT2D eigenvalue weighted by Gasteiger charge is 2.06. The van der Waals surface area contributed by atoms with Crippen LogP contribution in [0.3, 0.4) is 0 Å². The zero-order valence-electron chi connectivity index (χ0n) is 10.7. The van der Waals surface area contributed by atoms with E-state index in [1.165, 1.54) is 0 Å². The first-order valence-electron chi connectivity index (χ1n) is 5.88. The van der Waals surface area contributed by atoms with Crippen molar-refractivity contribution in [3.63, 3.8) is 0 Å². The topological polar surface area (TPSA) is 49.2 Å². The Labute approximate surface area is 107 Å². The largest absolute Gasteiger partial charge is 0.392 e. The molecule has 4 heteroatoms. The Morgan fingerprint density at radius 2 is 2.11 bits per heavy atom. The molecule has 0 amide bonds. The lowest BCUT2D eigenvalue weighted by Gasteiger charge is -2.19. The molecular formula is C14H17N3O. The predicted molar refractivity (Wildman–Crippen MR) is 71.2 cm³/mol. The predicted octanol–water partition coefficient (Wildman–Crippen LogP) is 1.91. The lowest BCUT2D eigenvalue weighted by Crippen LogP contribution is -2.18. The molecule has 0 fully saturated rings. The smallest absolute Gasteiger partial charge is 0.128 e. The van der Waals surface area contributed by atoms with Gasteiger partial charge in [-0.2, -0.15) is 0 Å². The van der Waals surface area contributed by atoms with Gasteiger partial charge in [0.15, 0.2) is 0 Å². The van der Waals surface area contributed by atoms with Crippen LogP contribution in [-0.2, 0) is 13.2 Å². The van der Waals surface area contributed by atoms with Gasteiger partial charge in [0, 0.05) is 31.7 Å². The molecule has 2 heterocycles. The number of rotatable bonds is 4. The van der Waals surface area contributed by atoms with Gasteiger partial charge in [-0.05, 0) is 30.2 Å². The normalized spacial score (nSPS) is 10.4. The second-order valence-electron chi connectivity index (χ2n) is 4.29. The molecule has 2 aromatic rings. The first-order chi connectivity index (χ1) is 8.70. The molecule has 94 valence electrons. The molecule has 4 nitrogen and oxygen atoms in total. The Kier molecular flexibility index (Phi) is 3.89. The molecule has 0 saturated heterocycles. The fourth-order valence-corrected chi connectivity index (χ4v) is 1.80. The molecule has 0 bridgehead atoms. The highest BCUT2D eigenvalue weighted by atomic mass is 16.3. The van der Waals surface area contributed by atoms with Crippen LogP contribution in [0.4, 0.5) is 5.82 Å². The summed E-state index contributed by atoms with van der Waals surface area (Å²) < 4.78 is 0. The van der Waals surface area contributed by atoms with Crippen molar-refractivity contribution < 1.29 is 5.11 Å². The van der Waals surface area contributed by atoms with E-state index in [4.69, 9.17) is 5.11 Å². The fraction of sp³-hybridized carbons (Fsp3) is 0.286. The Bertz CT molecular complexity index is 514. The molecule has 0 aliphatic heterocycles. The van der Waals surface area contributed by atoms with E-state index in [1.54, 1.807) is 6.20 Å². The molecule has 0 spiro atoms. The van der Waals surface area contributed by atoms with E-state index in [0.717, 1.165) is 29.2 Å². The third kappa shape index (κ3) is 2.84. The van der Waals surface area contributed by atoms with Gasteiger partial charge < -0.3 is 10.0 Å². The summed E-state index contributed by atoms with van der Waals surface area (Å²) in [6, 6.07) is 7.81. The average molecular weight is 243 g/mol. The summed E-state index contributed by atoms with van der Waals surface area (Å²) in [6.45, 7) is 2.71. The fourth-order valence-electron chi connectivity index (χ4n) is 1.80. The second kappa shape index (κ2) is 5.60. The third-order valence-electron chi connectivity index (χ3n) is 2.88. The standard InChI is InChI=1S/C14H17N3O/c1-11-13(10-18)5-6-14(16-11)17(2)9-12-4-3-7-15-8-12/h3-8,18H,9-10H2,1-2H3. The van der Waals surface area contributed by atoms with Crippen LogP contribution in [0.2, 0.25) is 0 Å². The van der Waals surface area contributed by atoms with Crippen molar-refractivity contribution in [1.82, 2.24) is 9.97 Å². The molecule has 0 aromatic carbocycles. The van der Waals surface area contributed by atoms with Crippen LogP contribution >= 0.6 is 0 Å². The Balaban J connectivity index is 2.14. The van der Waals surface area contributed by atoms with Crippen LogP contribution in [0.15, 0.2) is 36.7 Å². The first-order valence-corrected chi connectivity index (χ1v) is 5.88. The molecule has 2 aromatic heterocycles. The number of aliphatic hydroxyl groups excluding tert-OH is 1. The van der Waals surface area contributed by atoms with Gasteiger partial charge >= 0.3 is 0 Å². The minimum absolute atomic E-state index is 0.0332. The number of aliphatic hydroxyl groups is 1. The van der Waals surface area contributed by atoms with E-state index in [9.17, 15) is 0 Å². The molecule has 18 heavy (non-hydrogen) atoms. The molecule has 0 unspecified atom stereocenters. The monoisotopic (exact) mass is 243 g/mol. The lowest BCUT2D eigenvalue weighted by atomic mass is 10.2. The number of aryl methyl sites for hydroxylation is 1. The van der Waals surface area contributed by atoms with Gasteiger partial charge in [0.2, 0.25) is 0 Å². The number of hydrogen-bond acceptors (Lipinski definition) is 4. The van der Waals surface area contributed by atoms with Crippen LogP contribution in [0, 0.1) is 6.92 Å². The number of anilines is 1. The first kappa shape index (κ1) is 12.5. The highest BCUT2D eigenvalue weighted by molar-refractivity contribution is 5.41. The van der Waals surface area contributed by atoms with Crippen molar-refractivity contribution in [3.8, 4) is 0 Å². The quantitative estimate of drug-likeness (QED) is 0.891. The summed E-state index contributed by atoms with van der Waals surface area (Å²) in [4.78, 5) is 10.6. The van der Waals surface area contributed by atoms with E-state index >= 15 is 0 Å². The van der Waals surface area contributed by atoms with Gasteiger partial charge in [-0.25, -0.2) is 4.98 Å². The summed E-state index contributed by atoms with van der Waals surface area (Å²) in [6.07, 6.45) is 3.62. The molecule has 0 saturated carbocycles. The van der Waals surface area contributed by atoms with Crippen LogP contribution < -0.4 is 4.90 Å². The number of hydrogen-bond donors (Lipinski definition) is 1. The zero-order chi connectivity index (χ0) is 13.0. The summed E-state index contributed by atoms with van der Waals surface area (Å²) in [5.41, 5.74) is 2.88. The molecule has 2 rings (SSSR count). The maximum Gasteiger partial charge on any atom is 0.128 e. The van der Waals surface area contributed by atoms with Gasteiger partial charge in [0.05, 0.1) is 6.61 Å². The molecule has 0 atom stereocenters. The number of nitrogens with zero attached hydrogens (tertiary/aromatic N) is 3. The van der Waals surface area contributed by atoms with Gasteiger partial charge in [-0.1, -0.05) is 12.1 Å². The molecule has 0 aliphatic carbocycles. The summed E-state index contributed by atoms with van der Waals surface area (Å²) >= 11 is 0. The van der Waals surface area contributed by atoms with Crippen molar-refractivity contribution in [1.29, 1.82) is 0 Å². The zero-order valence-corrected chi connectivity index (χ0v) is 10.7. The van der Waals surface area contributed by atoms with Crippen molar-refractivity contribution in [2.24, 2.45) is 0 Å². The maximum absolute atomic E-state index is 9.12. The summed E-state index contributed by atoms with van der Waals surface area (Å²) in [5, 5.41) is 9.12. The number of aromatic nitrogens is 2. The summed E-state index contributed by atoms with van der Waals surface area (Å²) in [7, 11) is 1.99. The third-order valence-corrected chi connectivity index (χ3v) is 2.88. The molecular weight excluding hydrogens is 226 g/mol. The minimum atomic E-state index is 0.0332. The molecule has 0 aliphatic rings. The van der Waals surface area contributed by atoms with Gasteiger partial charge in [-0.15, -0.1) is 0 Å². The van der Waals surface area contributed by atoms with Crippen LogP contribution in [0.25, 0.3) is 0 Å². The van der Waals surface area contributed by atoms with E-state index in [2.05, 4.69) is 14.9 Å². The average Bonchev–Trinajstić information content (AvgIpc) is 2.39. The second-order valence-corrected chi connectivity index (χ2v) is 4.29. The van der Waals surface area contributed by atoms with E-state index < -0.39 is 0 Å². The highest BCUT2D eigenvalue weighted by Crippen LogP contribution is 2.15. The Hall–Kier alpha value is -1.94. The van der Waals surface area contributed by atoms with Crippen molar-refractivity contribution in [2.45, 2.75) is 20.1 Å². The molecule has 1 N–H and O–H groups in total. The summed E-state index contributed by atoms with van der Waals surface area (Å²) in [5.74, 6) is 0.897. The van der Waals surface area contributed by atoms with Gasteiger partial charge in [-0.3, -0.25) is 4.98 Å². The van der Waals surface area contributed by atoms with Gasteiger partial charge in [0.25, 0.3) is 0 Å². The van der Waals surface area contributed by atoms with Gasteiger partial charge in [0.1, 0.15) is 5.82 Å².